The summed E-state index contributed by atoms with van der Waals surface area (Å²) < 4.78 is 39.7. The molecule has 0 radical (unpaired) electrons. The largest absolute Gasteiger partial charge is 0.361 e. The summed E-state index contributed by atoms with van der Waals surface area (Å²) in [6.45, 7) is 1.51. The van der Waals surface area contributed by atoms with Crippen molar-refractivity contribution in [2.24, 2.45) is 5.41 Å². The van der Waals surface area contributed by atoms with E-state index in [1.165, 1.54) is 6.92 Å². The average molecular weight is 384 g/mol. The van der Waals surface area contributed by atoms with Crippen LogP contribution in [0, 0.1) is 5.41 Å². The molecule has 2 spiro atoms. The average Bonchev–Trinajstić information content (AvgIpc) is 3.38. The molecular weight excluding hydrogens is 364 g/mol. The molecular formula is C21H20O5S. The van der Waals surface area contributed by atoms with Crippen molar-refractivity contribution in [1.29, 1.82) is 0 Å². The fraction of sp³-hybridized carbons (Fsp3) is 0.476. The molecule has 0 amide bonds. The van der Waals surface area contributed by atoms with Gasteiger partial charge in [-0.25, -0.2) is 8.42 Å². The van der Waals surface area contributed by atoms with Crippen LogP contribution in [0.3, 0.4) is 0 Å². The van der Waals surface area contributed by atoms with Gasteiger partial charge < -0.3 is 9.47 Å². The van der Waals surface area contributed by atoms with E-state index < -0.39 is 43.4 Å². The number of benzene rings is 1. The number of Topliss-reactive ketones (excluding diaryl/α,β-unsaturated/α-hetero) is 1. The van der Waals surface area contributed by atoms with E-state index in [0.717, 1.165) is 6.42 Å². The summed E-state index contributed by atoms with van der Waals surface area (Å²) in [5, 5.41) is 0. The molecule has 3 fully saturated rings. The molecule has 4 bridgehead atoms. The summed E-state index contributed by atoms with van der Waals surface area (Å²) in [5.41, 5.74) is -3.08. The van der Waals surface area contributed by atoms with Gasteiger partial charge in [0.05, 0.1) is 4.90 Å². The molecule has 140 valence electrons. The molecule has 1 aliphatic carbocycles. The predicted octanol–water partition coefficient (Wildman–Crippen LogP) is 2.37. The van der Waals surface area contributed by atoms with Crippen LogP contribution >= 0.6 is 0 Å². The number of ketones is 1. The molecule has 6 atom stereocenters. The van der Waals surface area contributed by atoms with Gasteiger partial charge in [-0.2, -0.15) is 0 Å². The summed E-state index contributed by atoms with van der Waals surface area (Å²) in [6.07, 6.45) is 8.28. The molecule has 4 aliphatic heterocycles. The molecule has 1 aromatic rings. The van der Waals surface area contributed by atoms with Gasteiger partial charge in [-0.3, -0.25) is 4.79 Å². The maximum absolute atomic E-state index is 14.2. The van der Waals surface area contributed by atoms with E-state index in [4.69, 9.17) is 9.47 Å². The smallest absolute Gasteiger partial charge is 0.191 e. The molecule has 0 aromatic heterocycles. The van der Waals surface area contributed by atoms with Crippen LogP contribution in [0.15, 0.2) is 59.5 Å². The van der Waals surface area contributed by atoms with Gasteiger partial charge in [-0.05, 0) is 38.3 Å². The van der Waals surface area contributed by atoms with Gasteiger partial charge >= 0.3 is 0 Å². The van der Waals surface area contributed by atoms with Crippen LogP contribution in [0.4, 0.5) is 0 Å². The van der Waals surface area contributed by atoms with E-state index in [9.17, 15) is 13.2 Å². The third-order valence-corrected chi connectivity index (χ3v) is 10.1. The lowest BCUT2D eigenvalue weighted by Crippen LogP contribution is -2.74. The van der Waals surface area contributed by atoms with Gasteiger partial charge in [-0.15, -0.1) is 0 Å². The Morgan fingerprint density at radius 1 is 1.00 bits per heavy atom. The van der Waals surface area contributed by atoms with Crippen LogP contribution in [0.25, 0.3) is 0 Å². The first-order valence-corrected chi connectivity index (χ1v) is 10.9. The Hall–Kier alpha value is -1.76. The Labute approximate surface area is 158 Å². The van der Waals surface area contributed by atoms with Crippen LogP contribution in [0.1, 0.15) is 26.2 Å². The normalized spacial score (nSPS) is 48.2. The lowest BCUT2D eigenvalue weighted by atomic mass is 9.46. The van der Waals surface area contributed by atoms with Crippen LogP contribution in [-0.4, -0.2) is 42.4 Å². The van der Waals surface area contributed by atoms with Crippen molar-refractivity contribution in [2.75, 3.05) is 0 Å². The maximum Gasteiger partial charge on any atom is 0.191 e. The first kappa shape index (κ1) is 16.2. The topological polar surface area (TPSA) is 69.7 Å². The van der Waals surface area contributed by atoms with Gasteiger partial charge in [0.2, 0.25) is 0 Å². The summed E-state index contributed by atoms with van der Waals surface area (Å²) in [7, 11) is -3.93. The number of rotatable bonds is 3. The molecule has 1 saturated carbocycles. The second-order valence-electron chi connectivity index (χ2n) is 8.34. The molecule has 5 aliphatic rings. The zero-order valence-corrected chi connectivity index (χ0v) is 15.7. The number of hydrogen-bond donors (Lipinski definition) is 0. The van der Waals surface area contributed by atoms with E-state index >= 15 is 0 Å². The monoisotopic (exact) mass is 384 g/mol. The minimum atomic E-state index is -3.93. The minimum absolute atomic E-state index is 0.152. The number of ether oxygens (including phenoxy) is 2. The fourth-order valence-corrected chi connectivity index (χ4v) is 9.70. The van der Waals surface area contributed by atoms with E-state index in [2.05, 4.69) is 0 Å². The fourth-order valence-electron chi connectivity index (χ4n) is 7.04. The second-order valence-corrected chi connectivity index (χ2v) is 10.5. The molecule has 5 nitrogen and oxygen atoms in total. The highest BCUT2D eigenvalue weighted by Crippen LogP contribution is 2.78. The molecule has 0 N–H and O–H groups in total. The quantitative estimate of drug-likeness (QED) is 0.749. The Morgan fingerprint density at radius 2 is 1.56 bits per heavy atom. The molecule has 4 heterocycles. The Balaban J connectivity index is 1.76. The van der Waals surface area contributed by atoms with Crippen molar-refractivity contribution in [1.82, 2.24) is 0 Å². The highest BCUT2D eigenvalue weighted by molar-refractivity contribution is 7.93. The summed E-state index contributed by atoms with van der Waals surface area (Å²) in [4.78, 5) is 13.6. The number of sulfone groups is 1. The molecule has 27 heavy (non-hydrogen) atoms. The van der Waals surface area contributed by atoms with Crippen LogP contribution < -0.4 is 0 Å². The Kier molecular flexibility index (Phi) is 2.67. The summed E-state index contributed by atoms with van der Waals surface area (Å²) in [6, 6.07) is 8.42. The van der Waals surface area contributed by atoms with E-state index in [1.54, 1.807) is 30.3 Å². The number of hydrogen-bond acceptors (Lipinski definition) is 5. The third kappa shape index (κ3) is 1.29. The van der Waals surface area contributed by atoms with Gasteiger partial charge in [0.25, 0.3) is 0 Å². The highest BCUT2D eigenvalue weighted by atomic mass is 32.2. The third-order valence-electron chi connectivity index (χ3n) is 7.58. The zero-order valence-electron chi connectivity index (χ0n) is 14.9. The standard InChI is InChI=1S/C21H20O5S/c1-14(22)21-18-10-5-11-19(21)13-9-17(26-19)20(21,16(25-18)8-12-18)27(23,24)15-6-3-2-4-7-15/h2-4,6-9,12-13,16-17H,5,10-11H2,1H3/t16-,17+,18+,19-,20?,21?. The summed E-state index contributed by atoms with van der Waals surface area (Å²) >= 11 is 0. The summed E-state index contributed by atoms with van der Waals surface area (Å²) in [5.74, 6) is -0.152. The van der Waals surface area contributed by atoms with Crippen molar-refractivity contribution in [3.63, 3.8) is 0 Å². The van der Waals surface area contributed by atoms with E-state index in [0.29, 0.717) is 12.8 Å². The molecule has 2 unspecified atom stereocenters. The van der Waals surface area contributed by atoms with Gasteiger partial charge in [0.15, 0.2) is 14.6 Å². The van der Waals surface area contributed by atoms with Crippen molar-refractivity contribution in [2.45, 2.75) is 59.2 Å². The lowest BCUT2D eigenvalue weighted by molar-refractivity contribution is -0.165. The first-order chi connectivity index (χ1) is 12.9. The van der Waals surface area contributed by atoms with E-state index in [-0.39, 0.29) is 10.7 Å². The second kappa shape index (κ2) is 4.45. The molecule has 2 saturated heterocycles. The number of carbonyl (C=O) groups excluding carboxylic acids is 1. The van der Waals surface area contributed by atoms with Gasteiger partial charge in [0.1, 0.15) is 34.6 Å². The van der Waals surface area contributed by atoms with Crippen molar-refractivity contribution < 1.29 is 22.7 Å². The van der Waals surface area contributed by atoms with Crippen molar-refractivity contribution in [3.8, 4) is 0 Å². The van der Waals surface area contributed by atoms with Gasteiger partial charge in [0, 0.05) is 0 Å². The number of fused-ring (bicyclic) bond motifs is 4. The van der Waals surface area contributed by atoms with Crippen LogP contribution in [-0.2, 0) is 24.1 Å². The Morgan fingerprint density at radius 3 is 2.07 bits per heavy atom. The molecule has 6 rings (SSSR count). The highest BCUT2D eigenvalue weighted by Gasteiger charge is 2.93. The van der Waals surface area contributed by atoms with Crippen molar-refractivity contribution >= 4 is 15.6 Å². The molecule has 1 aromatic carbocycles. The van der Waals surface area contributed by atoms with Crippen LogP contribution in [0.2, 0.25) is 0 Å². The Bertz CT molecular complexity index is 1000. The number of carbonyl (C=O) groups is 1. The predicted molar refractivity (Wildman–Crippen MR) is 96.8 cm³/mol. The SMILES string of the molecule is CC(=O)C12C3(S(=O)(=O)c4ccccc4)[C@@H]4C=C[C@@]1(CCC[C@]21C=C[C@H]3O1)O4. The minimum Gasteiger partial charge on any atom is -0.361 e. The van der Waals surface area contributed by atoms with Gasteiger partial charge in [-0.1, -0.05) is 42.5 Å². The maximum atomic E-state index is 14.2. The van der Waals surface area contributed by atoms with Crippen molar-refractivity contribution in [3.05, 3.63) is 54.6 Å². The molecule has 6 heteroatoms. The first-order valence-electron chi connectivity index (χ1n) is 9.43. The zero-order chi connectivity index (χ0) is 18.7. The lowest BCUT2D eigenvalue weighted by Gasteiger charge is -2.56. The van der Waals surface area contributed by atoms with Crippen LogP contribution in [0.5, 0.6) is 0 Å². The van der Waals surface area contributed by atoms with E-state index in [1.807, 2.05) is 24.3 Å².